The average Bonchev–Trinajstić information content (AvgIpc) is 2.52. The van der Waals surface area contributed by atoms with Crippen LogP contribution >= 0.6 is 0 Å². The Labute approximate surface area is 120 Å². The zero-order valence-electron chi connectivity index (χ0n) is 12.2. The summed E-state index contributed by atoms with van der Waals surface area (Å²) < 4.78 is 5.33. The second-order valence-corrected chi connectivity index (χ2v) is 4.81. The minimum atomic E-state index is 0.799. The van der Waals surface area contributed by atoms with E-state index in [0.717, 1.165) is 44.0 Å². The molecule has 1 fully saturated rings. The first-order valence-electron chi connectivity index (χ1n) is 7.00. The molecule has 0 amide bonds. The maximum atomic E-state index is 8.67. The molecule has 0 bridgehead atoms. The summed E-state index contributed by atoms with van der Waals surface area (Å²) in [6, 6.07) is 8.17. The van der Waals surface area contributed by atoms with Gasteiger partial charge in [-0.15, -0.1) is 0 Å². The zero-order valence-corrected chi connectivity index (χ0v) is 12.2. The maximum absolute atomic E-state index is 8.67. The molecule has 1 aliphatic rings. The summed E-state index contributed by atoms with van der Waals surface area (Å²) in [6.07, 6.45) is 3.28. The number of ether oxygens (including phenoxy) is 1. The van der Waals surface area contributed by atoms with Crippen molar-refractivity contribution < 1.29 is 4.74 Å². The smallest absolute Gasteiger partial charge is 0.126 e. The average molecular weight is 271 g/mol. The van der Waals surface area contributed by atoms with E-state index in [1.807, 2.05) is 12.1 Å². The topological polar surface area (TPSA) is 39.5 Å². The molecule has 4 nitrogen and oxygen atoms in total. The van der Waals surface area contributed by atoms with Crippen LogP contribution in [0.2, 0.25) is 0 Å². The van der Waals surface area contributed by atoms with E-state index in [4.69, 9.17) is 10.00 Å². The third-order valence-corrected chi connectivity index (χ3v) is 3.74. The predicted molar refractivity (Wildman–Crippen MR) is 82.0 cm³/mol. The van der Waals surface area contributed by atoms with Crippen LogP contribution in [0.4, 0.5) is 5.69 Å². The normalized spacial score (nSPS) is 16.4. The number of rotatable bonds is 4. The second-order valence-electron chi connectivity index (χ2n) is 4.81. The fraction of sp³-hybridized carbons (Fsp3) is 0.438. The minimum Gasteiger partial charge on any atom is -0.496 e. The number of methoxy groups -OCH3 is 1. The second kappa shape index (κ2) is 6.97. The molecule has 1 aliphatic heterocycles. The Morgan fingerprint density at radius 1 is 1.30 bits per heavy atom. The van der Waals surface area contributed by atoms with E-state index in [0.29, 0.717) is 0 Å². The van der Waals surface area contributed by atoms with Gasteiger partial charge < -0.3 is 14.5 Å². The van der Waals surface area contributed by atoms with E-state index in [2.05, 4.69) is 28.9 Å². The fourth-order valence-electron chi connectivity index (χ4n) is 2.50. The number of anilines is 1. The van der Waals surface area contributed by atoms with Crippen LogP contribution in [-0.2, 0) is 0 Å². The fourth-order valence-corrected chi connectivity index (χ4v) is 2.50. The van der Waals surface area contributed by atoms with Crippen LogP contribution in [0.3, 0.4) is 0 Å². The van der Waals surface area contributed by atoms with Crippen LogP contribution in [0.15, 0.2) is 24.3 Å². The molecule has 0 N–H and O–H groups in total. The van der Waals surface area contributed by atoms with Gasteiger partial charge in [-0.2, -0.15) is 5.26 Å². The molecule has 0 aromatic heterocycles. The SMILES string of the molecule is CCN1CCN(c2ccc(OC)c(/C=C/C#N)c2)CC1. The van der Waals surface area contributed by atoms with Gasteiger partial charge in [0.2, 0.25) is 0 Å². The molecule has 0 spiro atoms. The van der Waals surface area contributed by atoms with Crippen LogP contribution in [-0.4, -0.2) is 44.7 Å². The summed E-state index contributed by atoms with van der Waals surface area (Å²) in [7, 11) is 1.65. The maximum Gasteiger partial charge on any atom is 0.126 e. The third-order valence-electron chi connectivity index (χ3n) is 3.74. The van der Waals surface area contributed by atoms with E-state index in [-0.39, 0.29) is 0 Å². The highest BCUT2D eigenvalue weighted by Crippen LogP contribution is 2.26. The summed E-state index contributed by atoms with van der Waals surface area (Å²) in [5, 5.41) is 8.67. The molecule has 1 aromatic carbocycles. The van der Waals surface area contributed by atoms with E-state index < -0.39 is 0 Å². The van der Waals surface area contributed by atoms with Crippen molar-refractivity contribution in [2.75, 3.05) is 44.7 Å². The van der Waals surface area contributed by atoms with Gasteiger partial charge in [0, 0.05) is 43.5 Å². The Kier molecular flexibility index (Phi) is 5.03. The summed E-state index contributed by atoms with van der Waals surface area (Å²) in [6.45, 7) is 7.61. The highest BCUT2D eigenvalue weighted by molar-refractivity contribution is 5.65. The van der Waals surface area contributed by atoms with Crippen molar-refractivity contribution in [1.29, 1.82) is 5.26 Å². The first kappa shape index (κ1) is 14.4. The first-order valence-corrected chi connectivity index (χ1v) is 7.00. The Morgan fingerprint density at radius 2 is 2.05 bits per heavy atom. The van der Waals surface area contributed by atoms with Gasteiger partial charge in [0.05, 0.1) is 13.2 Å². The Hall–Kier alpha value is -1.99. The predicted octanol–water partition coefficient (Wildman–Crippen LogP) is 2.37. The molecular weight excluding hydrogens is 250 g/mol. The standard InChI is InChI=1S/C16H21N3O/c1-3-18-9-11-19(12-10-18)15-6-7-16(20-2)14(13-15)5-4-8-17/h4-7,13H,3,9-12H2,1-2H3/b5-4+. The molecule has 0 atom stereocenters. The summed E-state index contributed by atoms with van der Waals surface area (Å²) in [5.41, 5.74) is 2.14. The molecule has 2 rings (SSSR count). The van der Waals surface area contributed by atoms with Crippen molar-refractivity contribution in [1.82, 2.24) is 4.90 Å². The van der Waals surface area contributed by atoms with Crippen molar-refractivity contribution in [3.63, 3.8) is 0 Å². The summed E-state index contributed by atoms with van der Waals surface area (Å²) in [4.78, 5) is 4.84. The summed E-state index contributed by atoms with van der Waals surface area (Å²) in [5.74, 6) is 0.799. The quantitative estimate of drug-likeness (QED) is 0.788. The van der Waals surface area contributed by atoms with Crippen molar-refractivity contribution in [3.8, 4) is 11.8 Å². The van der Waals surface area contributed by atoms with E-state index in [1.54, 1.807) is 13.2 Å². The summed E-state index contributed by atoms with van der Waals surface area (Å²) >= 11 is 0. The van der Waals surface area contributed by atoms with E-state index in [9.17, 15) is 0 Å². The lowest BCUT2D eigenvalue weighted by atomic mass is 10.1. The van der Waals surface area contributed by atoms with Crippen LogP contribution in [0.1, 0.15) is 12.5 Å². The lowest BCUT2D eigenvalue weighted by molar-refractivity contribution is 0.271. The van der Waals surface area contributed by atoms with Gasteiger partial charge in [-0.1, -0.05) is 6.92 Å². The van der Waals surface area contributed by atoms with Gasteiger partial charge in [-0.05, 0) is 30.8 Å². The van der Waals surface area contributed by atoms with Crippen LogP contribution in [0.25, 0.3) is 6.08 Å². The third kappa shape index (κ3) is 3.31. The number of nitrogens with zero attached hydrogens (tertiary/aromatic N) is 3. The molecule has 0 radical (unpaired) electrons. The molecule has 1 saturated heterocycles. The van der Waals surface area contributed by atoms with Crippen molar-refractivity contribution in [2.24, 2.45) is 0 Å². The van der Waals surface area contributed by atoms with Crippen LogP contribution in [0.5, 0.6) is 5.75 Å². The van der Waals surface area contributed by atoms with Crippen molar-refractivity contribution in [2.45, 2.75) is 6.92 Å². The van der Waals surface area contributed by atoms with Crippen molar-refractivity contribution in [3.05, 3.63) is 29.8 Å². The Bertz CT molecular complexity index is 511. The molecule has 1 heterocycles. The number of likely N-dealkylation sites (N-methyl/N-ethyl adjacent to an activating group) is 1. The van der Waals surface area contributed by atoms with E-state index >= 15 is 0 Å². The number of allylic oxidation sites excluding steroid dienone is 1. The highest BCUT2D eigenvalue weighted by atomic mass is 16.5. The molecule has 0 saturated carbocycles. The lowest BCUT2D eigenvalue weighted by Crippen LogP contribution is -2.46. The molecule has 0 unspecified atom stereocenters. The van der Waals surface area contributed by atoms with Gasteiger partial charge >= 0.3 is 0 Å². The monoisotopic (exact) mass is 271 g/mol. The Balaban J connectivity index is 2.17. The number of piperazine rings is 1. The molecule has 0 aliphatic carbocycles. The van der Waals surface area contributed by atoms with Gasteiger partial charge in [0.15, 0.2) is 0 Å². The molecular formula is C16H21N3O. The van der Waals surface area contributed by atoms with Gasteiger partial charge in [-0.25, -0.2) is 0 Å². The number of hydrogen-bond donors (Lipinski definition) is 0. The minimum absolute atomic E-state index is 0.799. The van der Waals surface area contributed by atoms with Gasteiger partial charge in [-0.3, -0.25) is 0 Å². The number of hydrogen-bond acceptors (Lipinski definition) is 4. The number of nitriles is 1. The molecule has 4 heteroatoms. The Morgan fingerprint density at radius 3 is 2.65 bits per heavy atom. The number of benzene rings is 1. The van der Waals surface area contributed by atoms with Gasteiger partial charge in [0.1, 0.15) is 5.75 Å². The molecule has 1 aromatic rings. The van der Waals surface area contributed by atoms with E-state index in [1.165, 1.54) is 11.8 Å². The molecule has 20 heavy (non-hydrogen) atoms. The van der Waals surface area contributed by atoms with Crippen molar-refractivity contribution >= 4 is 11.8 Å². The highest BCUT2D eigenvalue weighted by Gasteiger charge is 2.16. The molecule has 106 valence electrons. The first-order chi connectivity index (χ1) is 9.78. The van der Waals surface area contributed by atoms with Crippen LogP contribution < -0.4 is 9.64 Å². The zero-order chi connectivity index (χ0) is 14.4. The lowest BCUT2D eigenvalue weighted by Gasteiger charge is -2.35. The van der Waals surface area contributed by atoms with Gasteiger partial charge in [0.25, 0.3) is 0 Å². The largest absolute Gasteiger partial charge is 0.496 e. The van der Waals surface area contributed by atoms with Crippen LogP contribution in [0, 0.1) is 11.3 Å².